The number of carbonyl (C=O) groups excluding carboxylic acids is 2. The Balaban J connectivity index is 1.36. The number of benzene rings is 5. The van der Waals surface area contributed by atoms with Crippen LogP contribution in [0.4, 0.5) is 4.79 Å². The van der Waals surface area contributed by atoms with Gasteiger partial charge in [-0.3, -0.25) is 14.6 Å². The predicted octanol–water partition coefficient (Wildman–Crippen LogP) is 6.72. The number of piperazine rings is 1. The van der Waals surface area contributed by atoms with Crippen LogP contribution in [0.15, 0.2) is 146 Å². The van der Waals surface area contributed by atoms with Gasteiger partial charge in [0.05, 0.1) is 13.2 Å². The maximum Gasteiger partial charge on any atom is 0.410 e. The Kier molecular flexibility index (Phi) is 12.1. The molecule has 5 aromatic rings. The van der Waals surface area contributed by atoms with Gasteiger partial charge in [0.15, 0.2) is 0 Å². The number of aliphatic hydroxyl groups excluding tert-OH is 1. The Bertz CT molecular complexity index is 1770. The SMILES string of the molecule is COc1ccc(CN2CCN(C(=O)OCc3ccccc3)C(C(O)[C@H](Cc3ccccc3)N(Cc3ccccc3)Cc3ccccc3)C2=O)cc1. The van der Waals surface area contributed by atoms with Crippen molar-refractivity contribution in [3.63, 3.8) is 0 Å². The van der Waals surface area contributed by atoms with Gasteiger partial charge in [0.2, 0.25) is 5.91 Å². The minimum absolute atomic E-state index is 0.0598. The van der Waals surface area contributed by atoms with Gasteiger partial charge in [-0.1, -0.05) is 133 Å². The highest BCUT2D eigenvalue weighted by molar-refractivity contribution is 5.87. The van der Waals surface area contributed by atoms with Crippen molar-refractivity contribution in [2.45, 2.75) is 50.8 Å². The maximum atomic E-state index is 14.7. The molecule has 0 spiro atoms. The summed E-state index contributed by atoms with van der Waals surface area (Å²) in [6, 6.07) is 45.6. The van der Waals surface area contributed by atoms with Crippen LogP contribution >= 0.6 is 0 Å². The van der Waals surface area contributed by atoms with E-state index in [-0.39, 0.29) is 19.1 Å². The number of methoxy groups -OCH3 is 1. The smallest absolute Gasteiger partial charge is 0.410 e. The van der Waals surface area contributed by atoms with Crippen molar-refractivity contribution in [2.75, 3.05) is 20.2 Å². The summed E-state index contributed by atoms with van der Waals surface area (Å²) < 4.78 is 11.1. The van der Waals surface area contributed by atoms with Gasteiger partial charge in [-0.15, -0.1) is 0 Å². The Labute approximate surface area is 300 Å². The van der Waals surface area contributed by atoms with E-state index in [1.807, 2.05) is 121 Å². The first-order valence-electron chi connectivity index (χ1n) is 17.4. The molecule has 1 heterocycles. The van der Waals surface area contributed by atoms with Crippen LogP contribution < -0.4 is 4.74 Å². The average molecular weight is 684 g/mol. The zero-order valence-electron chi connectivity index (χ0n) is 29.0. The van der Waals surface area contributed by atoms with Gasteiger partial charge in [-0.05, 0) is 46.4 Å². The second kappa shape index (κ2) is 17.5. The van der Waals surface area contributed by atoms with Crippen LogP contribution in [0.25, 0.3) is 0 Å². The van der Waals surface area contributed by atoms with Crippen molar-refractivity contribution >= 4 is 12.0 Å². The van der Waals surface area contributed by atoms with Crippen LogP contribution in [0.5, 0.6) is 5.75 Å². The van der Waals surface area contributed by atoms with Crippen LogP contribution in [0.3, 0.4) is 0 Å². The summed E-state index contributed by atoms with van der Waals surface area (Å²) in [6.45, 7) is 1.96. The molecule has 8 heteroatoms. The third-order valence-corrected chi connectivity index (χ3v) is 9.41. The average Bonchev–Trinajstić information content (AvgIpc) is 3.18. The molecule has 1 aliphatic rings. The first kappa shape index (κ1) is 35.4. The summed E-state index contributed by atoms with van der Waals surface area (Å²) in [5, 5.41) is 12.7. The molecule has 1 N–H and O–H groups in total. The highest BCUT2D eigenvalue weighted by Gasteiger charge is 2.46. The lowest BCUT2D eigenvalue weighted by molar-refractivity contribution is -0.149. The fourth-order valence-corrected chi connectivity index (χ4v) is 6.70. The fraction of sp³-hybridized carbons (Fsp3) is 0.256. The molecule has 1 fully saturated rings. The second-order valence-corrected chi connectivity index (χ2v) is 12.9. The number of hydrogen-bond acceptors (Lipinski definition) is 6. The number of hydrogen-bond donors (Lipinski definition) is 1. The summed E-state index contributed by atoms with van der Waals surface area (Å²) in [5.41, 5.74) is 4.94. The van der Waals surface area contributed by atoms with Gasteiger partial charge < -0.3 is 19.5 Å². The Morgan fingerprint density at radius 2 is 1.22 bits per heavy atom. The van der Waals surface area contributed by atoms with E-state index >= 15 is 0 Å². The molecule has 8 nitrogen and oxygen atoms in total. The molecule has 262 valence electrons. The van der Waals surface area contributed by atoms with Crippen LogP contribution in [0, 0.1) is 0 Å². The van der Waals surface area contributed by atoms with E-state index in [4.69, 9.17) is 9.47 Å². The largest absolute Gasteiger partial charge is 0.497 e. The van der Waals surface area contributed by atoms with Gasteiger partial charge >= 0.3 is 6.09 Å². The summed E-state index contributed by atoms with van der Waals surface area (Å²) in [4.78, 5) is 33.9. The van der Waals surface area contributed by atoms with Crippen LogP contribution in [-0.4, -0.2) is 70.2 Å². The minimum atomic E-state index is -1.26. The quantitative estimate of drug-likeness (QED) is 0.140. The van der Waals surface area contributed by atoms with Gasteiger partial charge in [0, 0.05) is 38.8 Å². The van der Waals surface area contributed by atoms with Crippen molar-refractivity contribution in [1.29, 1.82) is 0 Å². The summed E-state index contributed by atoms with van der Waals surface area (Å²) >= 11 is 0. The van der Waals surface area contributed by atoms with E-state index in [1.54, 1.807) is 12.0 Å². The number of carbonyl (C=O) groups is 2. The summed E-state index contributed by atoms with van der Waals surface area (Å²) in [6.07, 6.45) is -1.43. The standard InChI is InChI=1S/C43H45N3O5/c1-50-38-24-22-36(23-25-38)29-44-26-27-46(43(49)51-32-37-20-12-5-13-21-37)40(42(44)48)41(47)39(28-33-14-6-2-7-15-33)45(30-34-16-8-3-9-17-34)31-35-18-10-4-11-19-35/h2-25,39-41,47H,26-32H2,1H3/t39-,40?,41?/m0/s1. The van der Waals surface area contributed by atoms with Crippen LogP contribution in [0.1, 0.15) is 27.8 Å². The van der Waals surface area contributed by atoms with Gasteiger partial charge in [-0.2, -0.15) is 0 Å². The molecule has 2 unspecified atom stereocenters. The molecule has 0 radical (unpaired) electrons. The van der Waals surface area contributed by atoms with Crippen molar-refractivity contribution < 1.29 is 24.2 Å². The number of ether oxygens (including phenoxy) is 2. The highest BCUT2D eigenvalue weighted by atomic mass is 16.6. The first-order valence-corrected chi connectivity index (χ1v) is 17.4. The van der Waals surface area contributed by atoms with Crippen molar-refractivity contribution in [2.24, 2.45) is 0 Å². The topological polar surface area (TPSA) is 82.6 Å². The third-order valence-electron chi connectivity index (χ3n) is 9.41. The molecule has 5 aromatic carbocycles. The van der Waals surface area contributed by atoms with E-state index in [9.17, 15) is 14.7 Å². The third kappa shape index (κ3) is 9.42. The van der Waals surface area contributed by atoms with E-state index in [2.05, 4.69) is 29.2 Å². The van der Waals surface area contributed by atoms with Crippen molar-refractivity contribution in [3.05, 3.63) is 173 Å². The minimum Gasteiger partial charge on any atom is -0.497 e. The first-order chi connectivity index (χ1) is 25.0. The fourth-order valence-electron chi connectivity index (χ4n) is 6.70. The van der Waals surface area contributed by atoms with E-state index in [0.29, 0.717) is 32.6 Å². The number of rotatable bonds is 14. The monoisotopic (exact) mass is 683 g/mol. The highest BCUT2D eigenvalue weighted by Crippen LogP contribution is 2.27. The molecule has 0 saturated carbocycles. The van der Waals surface area contributed by atoms with Crippen LogP contribution in [-0.2, 0) is 42.2 Å². The van der Waals surface area contributed by atoms with Gasteiger partial charge in [-0.25, -0.2) is 4.79 Å². The summed E-state index contributed by atoms with van der Waals surface area (Å²) in [5.74, 6) is 0.406. The normalized spacial score (nSPS) is 15.7. The molecule has 2 amide bonds. The lowest BCUT2D eigenvalue weighted by atomic mass is 9.91. The van der Waals surface area contributed by atoms with Gasteiger partial charge in [0.1, 0.15) is 18.4 Å². The maximum absolute atomic E-state index is 14.7. The Morgan fingerprint density at radius 1 is 0.706 bits per heavy atom. The molecular formula is C43H45N3O5. The molecule has 0 aliphatic carbocycles. The van der Waals surface area contributed by atoms with E-state index in [1.165, 1.54) is 4.90 Å². The van der Waals surface area contributed by atoms with E-state index < -0.39 is 24.3 Å². The molecule has 6 rings (SSSR count). The lowest BCUT2D eigenvalue weighted by Crippen LogP contribution is -2.66. The molecule has 0 bridgehead atoms. The zero-order chi connectivity index (χ0) is 35.4. The van der Waals surface area contributed by atoms with E-state index in [0.717, 1.165) is 33.6 Å². The molecule has 51 heavy (non-hydrogen) atoms. The Morgan fingerprint density at radius 3 is 1.75 bits per heavy atom. The van der Waals surface area contributed by atoms with Gasteiger partial charge in [0.25, 0.3) is 0 Å². The molecule has 1 saturated heterocycles. The lowest BCUT2D eigenvalue weighted by Gasteiger charge is -2.45. The summed E-state index contributed by atoms with van der Waals surface area (Å²) in [7, 11) is 1.62. The van der Waals surface area contributed by atoms with Crippen molar-refractivity contribution in [3.8, 4) is 5.75 Å². The second-order valence-electron chi connectivity index (χ2n) is 12.9. The number of aliphatic hydroxyl groups is 1. The number of nitrogens with zero attached hydrogens (tertiary/aromatic N) is 3. The van der Waals surface area contributed by atoms with Crippen molar-refractivity contribution in [1.82, 2.24) is 14.7 Å². The zero-order valence-corrected chi connectivity index (χ0v) is 29.0. The van der Waals surface area contributed by atoms with Crippen LogP contribution in [0.2, 0.25) is 0 Å². The molecule has 3 atom stereocenters. The molecule has 1 aliphatic heterocycles. The molecule has 0 aromatic heterocycles. The molecular weight excluding hydrogens is 638 g/mol. The predicted molar refractivity (Wildman–Crippen MR) is 198 cm³/mol. The Hall–Kier alpha value is -5.44. The number of amides is 2.